The van der Waals surface area contributed by atoms with Crippen LogP contribution in [0.3, 0.4) is 0 Å². The van der Waals surface area contributed by atoms with Gasteiger partial charge in [0.1, 0.15) is 0 Å². The lowest BCUT2D eigenvalue weighted by atomic mass is 10.1. The number of pyridine rings is 1. The predicted molar refractivity (Wildman–Crippen MR) is 84.1 cm³/mol. The van der Waals surface area contributed by atoms with Gasteiger partial charge in [-0.3, -0.25) is 9.78 Å². The molecule has 3 aromatic rings. The minimum absolute atomic E-state index is 0.200. The zero-order valence-electron chi connectivity index (χ0n) is 11.2. The fraction of sp³-hybridized carbons (Fsp3) is 0. The van der Waals surface area contributed by atoms with Gasteiger partial charge in [-0.05, 0) is 30.3 Å². The highest BCUT2D eigenvalue weighted by Gasteiger charge is 2.11. The van der Waals surface area contributed by atoms with Crippen LogP contribution >= 0.6 is 0 Å². The van der Waals surface area contributed by atoms with Crippen molar-refractivity contribution >= 4 is 22.5 Å². The normalized spacial score (nSPS) is 10.0. The predicted octanol–water partition coefficient (Wildman–Crippen LogP) is 3.47. The second-order valence-electron chi connectivity index (χ2n) is 4.56. The Bertz CT molecular complexity index is 857. The molecule has 3 nitrogen and oxygen atoms in total. The van der Waals surface area contributed by atoms with Gasteiger partial charge in [0.05, 0.1) is 11.1 Å². The van der Waals surface area contributed by atoms with Gasteiger partial charge in [-0.2, -0.15) is 0 Å². The number of para-hydroxylation sites is 1. The molecule has 1 aromatic heterocycles. The van der Waals surface area contributed by atoms with E-state index in [1.165, 1.54) is 0 Å². The molecule has 1 amide bonds. The van der Waals surface area contributed by atoms with Crippen molar-refractivity contribution in [3.8, 4) is 12.3 Å². The van der Waals surface area contributed by atoms with Gasteiger partial charge in [0, 0.05) is 22.8 Å². The zero-order chi connectivity index (χ0) is 14.7. The number of fused-ring (bicyclic) bond motifs is 1. The maximum atomic E-state index is 12.4. The number of nitrogens with one attached hydrogen (secondary N) is 1. The molecule has 0 aliphatic rings. The van der Waals surface area contributed by atoms with E-state index in [2.05, 4.69) is 16.2 Å². The van der Waals surface area contributed by atoms with Crippen LogP contribution < -0.4 is 5.32 Å². The van der Waals surface area contributed by atoms with E-state index in [9.17, 15) is 4.79 Å². The summed E-state index contributed by atoms with van der Waals surface area (Å²) in [6, 6.07) is 16.5. The van der Waals surface area contributed by atoms with Gasteiger partial charge in [0.2, 0.25) is 0 Å². The largest absolute Gasteiger partial charge is 0.322 e. The molecule has 0 saturated carbocycles. The Kier molecular flexibility index (Phi) is 3.36. The molecule has 0 unspecified atom stereocenters. The Morgan fingerprint density at radius 2 is 1.90 bits per heavy atom. The molecule has 0 spiro atoms. The third-order valence-electron chi connectivity index (χ3n) is 3.16. The van der Waals surface area contributed by atoms with Crippen LogP contribution in [0.5, 0.6) is 0 Å². The number of nitrogens with zero attached hydrogens (tertiary/aromatic N) is 1. The number of benzene rings is 2. The summed E-state index contributed by atoms with van der Waals surface area (Å²) >= 11 is 0. The maximum Gasteiger partial charge on any atom is 0.257 e. The third kappa shape index (κ3) is 2.60. The minimum Gasteiger partial charge on any atom is -0.322 e. The van der Waals surface area contributed by atoms with Crippen molar-refractivity contribution in [2.75, 3.05) is 5.32 Å². The first kappa shape index (κ1) is 12.9. The van der Waals surface area contributed by atoms with E-state index in [0.29, 0.717) is 16.8 Å². The Balaban J connectivity index is 1.96. The summed E-state index contributed by atoms with van der Waals surface area (Å²) in [6.07, 6.45) is 7.04. The second kappa shape index (κ2) is 5.48. The van der Waals surface area contributed by atoms with Crippen LogP contribution in [0.15, 0.2) is 60.8 Å². The summed E-state index contributed by atoms with van der Waals surface area (Å²) in [6.45, 7) is 0. The summed E-state index contributed by atoms with van der Waals surface area (Å²) in [4.78, 5) is 16.7. The number of carbonyl (C=O) groups is 1. The number of amides is 1. The fourth-order valence-electron chi connectivity index (χ4n) is 2.17. The Labute approximate surface area is 122 Å². The van der Waals surface area contributed by atoms with Crippen molar-refractivity contribution in [2.45, 2.75) is 0 Å². The standard InChI is InChI=1S/C18H12N2O/c1-2-13-6-3-9-15(12-13)20-18(21)16-10-4-7-14-8-5-11-19-17(14)16/h1,3-12H,(H,20,21). The number of hydrogen-bond donors (Lipinski definition) is 1. The first-order chi connectivity index (χ1) is 10.3. The quantitative estimate of drug-likeness (QED) is 0.726. The molecule has 3 rings (SSSR count). The highest BCUT2D eigenvalue weighted by Crippen LogP contribution is 2.18. The lowest BCUT2D eigenvalue weighted by molar-refractivity contribution is 0.102. The Hall–Kier alpha value is -3.12. The zero-order valence-corrected chi connectivity index (χ0v) is 11.2. The summed E-state index contributed by atoms with van der Waals surface area (Å²) in [5, 5.41) is 3.78. The summed E-state index contributed by atoms with van der Waals surface area (Å²) in [7, 11) is 0. The Morgan fingerprint density at radius 3 is 2.76 bits per heavy atom. The minimum atomic E-state index is -0.200. The topological polar surface area (TPSA) is 42.0 Å². The van der Waals surface area contributed by atoms with Crippen LogP contribution in [0.1, 0.15) is 15.9 Å². The van der Waals surface area contributed by atoms with Gasteiger partial charge >= 0.3 is 0 Å². The average Bonchev–Trinajstić information content (AvgIpc) is 2.54. The molecule has 1 heterocycles. The highest BCUT2D eigenvalue weighted by atomic mass is 16.1. The first-order valence-corrected chi connectivity index (χ1v) is 6.50. The first-order valence-electron chi connectivity index (χ1n) is 6.50. The third-order valence-corrected chi connectivity index (χ3v) is 3.16. The van der Waals surface area contributed by atoms with E-state index in [0.717, 1.165) is 10.9 Å². The fourth-order valence-corrected chi connectivity index (χ4v) is 2.17. The van der Waals surface area contributed by atoms with E-state index < -0.39 is 0 Å². The second-order valence-corrected chi connectivity index (χ2v) is 4.56. The molecule has 0 radical (unpaired) electrons. The molecule has 0 atom stereocenters. The molecular formula is C18H12N2O. The van der Waals surface area contributed by atoms with Crippen molar-refractivity contribution in [3.63, 3.8) is 0 Å². The number of hydrogen-bond acceptors (Lipinski definition) is 2. The molecule has 2 aromatic carbocycles. The molecule has 0 saturated heterocycles. The molecule has 100 valence electrons. The lowest BCUT2D eigenvalue weighted by Gasteiger charge is -2.07. The molecule has 0 aliphatic carbocycles. The number of aromatic nitrogens is 1. The van der Waals surface area contributed by atoms with Crippen molar-refractivity contribution in [2.24, 2.45) is 0 Å². The van der Waals surface area contributed by atoms with Crippen LogP contribution in [-0.4, -0.2) is 10.9 Å². The van der Waals surface area contributed by atoms with Gasteiger partial charge in [0.25, 0.3) is 5.91 Å². The van der Waals surface area contributed by atoms with Gasteiger partial charge in [-0.25, -0.2) is 0 Å². The van der Waals surface area contributed by atoms with Crippen molar-refractivity contribution < 1.29 is 4.79 Å². The van der Waals surface area contributed by atoms with Crippen LogP contribution in [0, 0.1) is 12.3 Å². The maximum absolute atomic E-state index is 12.4. The number of rotatable bonds is 2. The number of terminal acetylenes is 1. The van der Waals surface area contributed by atoms with Crippen molar-refractivity contribution in [3.05, 3.63) is 71.9 Å². The molecule has 0 fully saturated rings. The average molecular weight is 272 g/mol. The number of carbonyl (C=O) groups excluding carboxylic acids is 1. The summed E-state index contributed by atoms with van der Waals surface area (Å²) in [5.41, 5.74) is 2.62. The van der Waals surface area contributed by atoms with Gasteiger partial charge in [0.15, 0.2) is 0 Å². The molecule has 1 N–H and O–H groups in total. The van der Waals surface area contributed by atoms with Crippen LogP contribution in [-0.2, 0) is 0 Å². The Morgan fingerprint density at radius 1 is 1.10 bits per heavy atom. The molecule has 3 heteroatoms. The van der Waals surface area contributed by atoms with Gasteiger partial charge in [-0.1, -0.05) is 30.2 Å². The van der Waals surface area contributed by atoms with E-state index in [1.54, 1.807) is 24.4 Å². The van der Waals surface area contributed by atoms with Crippen LogP contribution in [0.2, 0.25) is 0 Å². The lowest BCUT2D eigenvalue weighted by Crippen LogP contribution is -2.12. The van der Waals surface area contributed by atoms with Crippen molar-refractivity contribution in [1.29, 1.82) is 0 Å². The highest BCUT2D eigenvalue weighted by molar-refractivity contribution is 6.11. The van der Waals surface area contributed by atoms with Gasteiger partial charge < -0.3 is 5.32 Å². The van der Waals surface area contributed by atoms with Crippen LogP contribution in [0.4, 0.5) is 5.69 Å². The summed E-state index contributed by atoms with van der Waals surface area (Å²) < 4.78 is 0. The van der Waals surface area contributed by atoms with Crippen molar-refractivity contribution in [1.82, 2.24) is 4.98 Å². The molecule has 21 heavy (non-hydrogen) atoms. The van der Waals surface area contributed by atoms with Gasteiger partial charge in [-0.15, -0.1) is 6.42 Å². The summed E-state index contributed by atoms with van der Waals surface area (Å²) in [5.74, 6) is 2.35. The van der Waals surface area contributed by atoms with E-state index in [1.807, 2.05) is 36.4 Å². The molecule has 0 aliphatic heterocycles. The SMILES string of the molecule is C#Cc1cccc(NC(=O)c2cccc3cccnc23)c1. The molecular weight excluding hydrogens is 260 g/mol. The van der Waals surface area contributed by atoms with E-state index in [4.69, 9.17) is 6.42 Å². The monoisotopic (exact) mass is 272 g/mol. The molecule has 0 bridgehead atoms. The smallest absolute Gasteiger partial charge is 0.257 e. The van der Waals surface area contributed by atoms with E-state index >= 15 is 0 Å². The van der Waals surface area contributed by atoms with Crippen LogP contribution in [0.25, 0.3) is 10.9 Å². The number of anilines is 1. The van der Waals surface area contributed by atoms with E-state index in [-0.39, 0.29) is 5.91 Å².